The fourth-order valence-corrected chi connectivity index (χ4v) is 9.40. The first-order valence-electron chi connectivity index (χ1n) is 22.7. The van der Waals surface area contributed by atoms with E-state index in [1.165, 1.54) is 0 Å². The molecular formula is C48H58F6N4O6. The van der Waals surface area contributed by atoms with E-state index >= 15 is 0 Å². The number of benzene rings is 2. The average molecular weight is 901 g/mol. The van der Waals surface area contributed by atoms with Crippen LogP contribution >= 0.6 is 0 Å². The maximum atomic E-state index is 12.9. The van der Waals surface area contributed by atoms with E-state index in [4.69, 9.17) is 29.3 Å². The molecule has 0 amide bonds. The number of aliphatic carboxylic acids is 1. The Morgan fingerprint density at radius 1 is 0.594 bits per heavy atom. The molecule has 16 heteroatoms. The van der Waals surface area contributed by atoms with Gasteiger partial charge in [-0.2, -0.15) is 26.3 Å². The molecule has 1 N–H and O–H groups in total. The molecule has 0 radical (unpaired) electrons. The summed E-state index contributed by atoms with van der Waals surface area (Å²) in [6.07, 6.45) is -3.46. The second-order valence-corrected chi connectivity index (χ2v) is 17.8. The lowest BCUT2D eigenvalue weighted by Gasteiger charge is -2.30. The van der Waals surface area contributed by atoms with Gasteiger partial charge in [-0.15, -0.1) is 0 Å². The van der Waals surface area contributed by atoms with Crippen molar-refractivity contribution in [1.82, 2.24) is 19.8 Å². The first-order chi connectivity index (χ1) is 30.6. The Hall–Kier alpha value is -4.70. The number of hydrogen-bond donors (Lipinski definition) is 1. The number of alkyl halides is 6. The Balaban J connectivity index is 0.000000192. The number of fused-ring (bicyclic) bond motifs is 2. The Kier molecular flexibility index (Phi) is 15.6. The molecule has 64 heavy (non-hydrogen) atoms. The van der Waals surface area contributed by atoms with Gasteiger partial charge in [0, 0.05) is 23.9 Å². The molecule has 2 saturated heterocycles. The number of nitrogens with zero attached hydrogens (tertiary/aromatic N) is 4. The van der Waals surface area contributed by atoms with Crippen LogP contribution < -0.4 is 9.47 Å². The van der Waals surface area contributed by atoms with Gasteiger partial charge in [0.2, 0.25) is 0 Å². The van der Waals surface area contributed by atoms with Crippen LogP contribution in [0.1, 0.15) is 95.4 Å². The monoisotopic (exact) mass is 900 g/mol. The third-order valence-electron chi connectivity index (χ3n) is 13.2. The van der Waals surface area contributed by atoms with E-state index in [-0.39, 0.29) is 55.7 Å². The van der Waals surface area contributed by atoms with Crippen molar-refractivity contribution in [2.24, 2.45) is 23.7 Å². The quantitative estimate of drug-likeness (QED) is 0.115. The first kappa shape index (κ1) is 47.3. The third-order valence-corrected chi connectivity index (χ3v) is 13.2. The van der Waals surface area contributed by atoms with E-state index in [1.807, 2.05) is 67.6 Å². The van der Waals surface area contributed by atoms with E-state index in [2.05, 4.69) is 9.80 Å². The molecule has 2 aromatic carbocycles. The van der Waals surface area contributed by atoms with Gasteiger partial charge in [-0.05, 0) is 159 Å². The largest absolute Gasteiger partial charge is 0.490 e. The van der Waals surface area contributed by atoms with Crippen molar-refractivity contribution in [1.29, 1.82) is 0 Å². The van der Waals surface area contributed by atoms with Gasteiger partial charge >= 0.3 is 24.3 Å². The zero-order chi connectivity index (χ0) is 45.4. The molecule has 4 aromatic rings. The highest BCUT2D eigenvalue weighted by Gasteiger charge is 2.43. The van der Waals surface area contributed by atoms with Gasteiger partial charge in [0.25, 0.3) is 0 Å². The molecule has 2 aliphatic heterocycles. The van der Waals surface area contributed by atoms with Crippen molar-refractivity contribution in [3.63, 3.8) is 0 Å². The molecule has 0 unspecified atom stereocenters. The number of piperidine rings is 2. The Morgan fingerprint density at radius 3 is 1.38 bits per heavy atom. The summed E-state index contributed by atoms with van der Waals surface area (Å²) in [5.41, 5.74) is 3.60. The molecule has 10 nitrogen and oxygen atoms in total. The second-order valence-electron chi connectivity index (χ2n) is 17.8. The fourth-order valence-electron chi connectivity index (χ4n) is 9.40. The Bertz CT molecular complexity index is 2170. The van der Waals surface area contributed by atoms with Crippen molar-refractivity contribution in [2.45, 2.75) is 122 Å². The molecule has 4 aliphatic rings. The Morgan fingerprint density at radius 2 is 1.00 bits per heavy atom. The molecule has 0 atom stereocenters. The van der Waals surface area contributed by atoms with Crippen LogP contribution in [0.5, 0.6) is 11.5 Å². The van der Waals surface area contributed by atoms with Gasteiger partial charge in [-0.25, -0.2) is 0 Å². The van der Waals surface area contributed by atoms with E-state index in [9.17, 15) is 35.9 Å². The van der Waals surface area contributed by atoms with E-state index in [0.29, 0.717) is 63.2 Å². The molecule has 4 heterocycles. The number of carboxylic acids is 1. The summed E-state index contributed by atoms with van der Waals surface area (Å²) < 4.78 is 94.1. The van der Waals surface area contributed by atoms with Crippen molar-refractivity contribution >= 4 is 33.7 Å². The number of pyridine rings is 2. The highest BCUT2D eigenvalue weighted by Crippen LogP contribution is 2.40. The van der Waals surface area contributed by atoms with Crippen molar-refractivity contribution in [3.05, 3.63) is 72.1 Å². The minimum Gasteiger partial charge on any atom is -0.490 e. The van der Waals surface area contributed by atoms with E-state index in [1.54, 1.807) is 0 Å². The van der Waals surface area contributed by atoms with Gasteiger partial charge in [0.05, 0.1) is 64.9 Å². The number of carbonyl (C=O) groups excluding carboxylic acids is 1. The normalized spacial score (nSPS) is 23.3. The standard InChI is InChI=1S/C25H31F3N2O3.C23H27F3N2O3/c1-2-32-24(31)17-11-13-30(14-12-17)16-20-6-3-18-15-22(9-10-23(18)29-20)33-21-7-4-19(5-8-21)25(26,27)28;24-23(25,26)17-2-5-19(6-3-17)31-20-7-8-21-16(13-20)1-4-18(27-21)14-28-11-9-15(10-12-28)22(29)30/h3,6,9-10,15,17,19,21H,2,4-5,7-8,11-14,16H2,1H3;1,4,7-8,13,15,17,19H,2-3,5-6,9-12,14H2,(H,29,30). The molecule has 2 saturated carbocycles. The summed E-state index contributed by atoms with van der Waals surface area (Å²) in [6.45, 7) is 6.84. The molecule has 2 aliphatic carbocycles. The maximum absolute atomic E-state index is 12.9. The molecular weight excluding hydrogens is 843 g/mol. The summed E-state index contributed by atoms with van der Waals surface area (Å²) in [5, 5.41) is 11.0. The van der Waals surface area contributed by atoms with Crippen LogP contribution in [0.4, 0.5) is 26.3 Å². The van der Waals surface area contributed by atoms with Gasteiger partial charge in [0.1, 0.15) is 11.5 Å². The number of likely N-dealkylation sites (tertiary alicyclic amines) is 2. The zero-order valence-corrected chi connectivity index (χ0v) is 36.2. The number of carboxylic acid groups (broad SMARTS) is 1. The lowest BCUT2D eigenvalue weighted by atomic mass is 9.87. The number of hydrogen-bond acceptors (Lipinski definition) is 9. The van der Waals surface area contributed by atoms with Crippen LogP contribution in [0.3, 0.4) is 0 Å². The summed E-state index contributed by atoms with van der Waals surface area (Å²) in [7, 11) is 0. The van der Waals surface area contributed by atoms with Gasteiger partial charge in [0.15, 0.2) is 0 Å². The van der Waals surface area contributed by atoms with Crippen LogP contribution in [0.2, 0.25) is 0 Å². The number of ether oxygens (including phenoxy) is 3. The van der Waals surface area contributed by atoms with Crippen molar-refractivity contribution in [3.8, 4) is 11.5 Å². The summed E-state index contributed by atoms with van der Waals surface area (Å²) in [5.74, 6) is -2.13. The minimum atomic E-state index is -4.11. The SMILES string of the molecule is CCOC(=O)C1CCN(Cc2ccc3cc(OC4CCC(C(F)(F)F)CC4)ccc3n2)CC1.O=C(O)C1CCN(Cc2ccc3cc(OC4CCC(C(F)(F)F)CC4)ccc3n2)CC1. The smallest absolute Gasteiger partial charge is 0.391 e. The number of aromatic nitrogens is 2. The lowest BCUT2D eigenvalue weighted by molar-refractivity contribution is -0.186. The lowest BCUT2D eigenvalue weighted by Crippen LogP contribution is -2.36. The van der Waals surface area contributed by atoms with Crippen LogP contribution in [0.25, 0.3) is 21.8 Å². The first-order valence-corrected chi connectivity index (χ1v) is 22.7. The molecule has 4 fully saturated rings. The average Bonchev–Trinajstić information content (AvgIpc) is 3.27. The van der Waals surface area contributed by atoms with E-state index in [0.717, 1.165) is 78.8 Å². The predicted octanol–water partition coefficient (Wildman–Crippen LogP) is 10.5. The molecule has 348 valence electrons. The van der Waals surface area contributed by atoms with Gasteiger partial charge in [-0.1, -0.05) is 12.1 Å². The van der Waals surface area contributed by atoms with E-state index < -0.39 is 30.2 Å². The maximum Gasteiger partial charge on any atom is 0.391 e. The van der Waals surface area contributed by atoms with Crippen LogP contribution in [0.15, 0.2) is 60.7 Å². The third kappa shape index (κ3) is 13.0. The van der Waals surface area contributed by atoms with Crippen molar-refractivity contribution < 1.29 is 55.2 Å². The van der Waals surface area contributed by atoms with Crippen LogP contribution in [-0.4, -0.2) is 94.2 Å². The fraction of sp³-hybridized carbons (Fsp3) is 0.583. The second kappa shape index (κ2) is 21.1. The summed E-state index contributed by atoms with van der Waals surface area (Å²) >= 11 is 0. The number of carbonyl (C=O) groups is 2. The van der Waals surface area contributed by atoms with Crippen molar-refractivity contribution in [2.75, 3.05) is 32.8 Å². The molecule has 2 aromatic heterocycles. The highest BCUT2D eigenvalue weighted by molar-refractivity contribution is 5.81. The number of esters is 1. The minimum absolute atomic E-state index is 0.00676. The van der Waals surface area contributed by atoms with Crippen LogP contribution in [0, 0.1) is 23.7 Å². The van der Waals surface area contributed by atoms with Gasteiger partial charge in [-0.3, -0.25) is 29.4 Å². The molecule has 8 rings (SSSR count). The topological polar surface area (TPSA) is 114 Å². The molecule has 0 bridgehead atoms. The highest BCUT2D eigenvalue weighted by atomic mass is 19.4. The number of rotatable bonds is 11. The predicted molar refractivity (Wildman–Crippen MR) is 229 cm³/mol. The Labute approximate surface area is 369 Å². The number of halogens is 6. The van der Waals surface area contributed by atoms with Gasteiger partial charge < -0.3 is 19.3 Å². The van der Waals surface area contributed by atoms with Crippen LogP contribution in [-0.2, 0) is 27.4 Å². The summed E-state index contributed by atoms with van der Waals surface area (Å²) in [4.78, 5) is 37.0. The zero-order valence-electron chi connectivity index (χ0n) is 36.2. The molecule has 0 spiro atoms. The summed E-state index contributed by atoms with van der Waals surface area (Å²) in [6, 6.07) is 19.2.